The number of aromatic nitrogens is 1. The molecule has 1 aromatic heterocycles. The highest BCUT2D eigenvalue weighted by atomic mass is 32.2. The van der Waals surface area contributed by atoms with Gasteiger partial charge >= 0.3 is 0 Å². The van der Waals surface area contributed by atoms with Gasteiger partial charge in [-0.3, -0.25) is 9.19 Å². The monoisotopic (exact) mass is 260 g/mol. The number of hydrogen-bond donors (Lipinski definition) is 1. The number of nitrogens with zero attached hydrogens (tertiary/aromatic N) is 1. The lowest BCUT2D eigenvalue weighted by Gasteiger charge is -2.23. The Morgan fingerprint density at radius 1 is 1.22 bits per heavy atom. The van der Waals surface area contributed by atoms with Gasteiger partial charge in [-0.15, -0.1) is 0 Å². The van der Waals surface area contributed by atoms with E-state index in [1.807, 2.05) is 18.3 Å². The fourth-order valence-corrected chi connectivity index (χ4v) is 3.64. The molecule has 0 aliphatic carbocycles. The van der Waals surface area contributed by atoms with E-state index < -0.39 is 10.8 Å². The summed E-state index contributed by atoms with van der Waals surface area (Å²) in [6.07, 6.45) is 3.81. The van der Waals surface area contributed by atoms with E-state index in [2.05, 4.69) is 28.5 Å². The van der Waals surface area contributed by atoms with Crippen LogP contribution in [-0.4, -0.2) is 26.7 Å². The Kier molecular flexibility index (Phi) is 3.28. The lowest BCUT2D eigenvalue weighted by molar-refractivity contribution is 0.624. The standard InChI is InChI=1S/C14H16N2OS/c17-18-8-5-12(6-9-18)16-13-3-4-14-11(10-13)2-1-7-15-14/h1-4,7,10,12,16H,5-6,8-9H2. The van der Waals surface area contributed by atoms with Crippen LogP contribution in [0.5, 0.6) is 0 Å². The molecule has 94 valence electrons. The molecule has 3 rings (SSSR count). The smallest absolute Gasteiger partial charge is 0.0703 e. The summed E-state index contributed by atoms with van der Waals surface area (Å²) in [6.45, 7) is 0. The molecule has 0 atom stereocenters. The van der Waals surface area contributed by atoms with Gasteiger partial charge in [-0.25, -0.2) is 0 Å². The second-order valence-electron chi connectivity index (χ2n) is 4.68. The second kappa shape index (κ2) is 5.06. The largest absolute Gasteiger partial charge is 0.382 e. The molecule has 1 fully saturated rings. The van der Waals surface area contributed by atoms with Crippen LogP contribution in [0.4, 0.5) is 5.69 Å². The molecule has 18 heavy (non-hydrogen) atoms. The molecule has 1 aromatic carbocycles. The lowest BCUT2D eigenvalue weighted by atomic mass is 10.1. The maximum absolute atomic E-state index is 11.3. The van der Waals surface area contributed by atoms with Gasteiger partial charge in [0.15, 0.2) is 0 Å². The van der Waals surface area contributed by atoms with Gasteiger partial charge in [-0.05, 0) is 37.1 Å². The average molecular weight is 260 g/mol. The first-order valence-electron chi connectivity index (χ1n) is 6.27. The third-order valence-electron chi connectivity index (χ3n) is 3.36. The van der Waals surface area contributed by atoms with Crippen LogP contribution in [0.15, 0.2) is 36.5 Å². The Balaban J connectivity index is 1.76. The van der Waals surface area contributed by atoms with Crippen molar-refractivity contribution < 1.29 is 4.21 Å². The highest BCUT2D eigenvalue weighted by Crippen LogP contribution is 2.20. The number of pyridine rings is 1. The van der Waals surface area contributed by atoms with Crippen LogP contribution in [0.3, 0.4) is 0 Å². The van der Waals surface area contributed by atoms with Crippen molar-refractivity contribution in [2.75, 3.05) is 16.8 Å². The molecule has 2 aromatic rings. The fourth-order valence-electron chi connectivity index (χ4n) is 2.34. The van der Waals surface area contributed by atoms with Crippen molar-refractivity contribution in [2.24, 2.45) is 0 Å². The van der Waals surface area contributed by atoms with Gasteiger partial charge in [0.1, 0.15) is 0 Å². The van der Waals surface area contributed by atoms with Crippen molar-refractivity contribution in [1.29, 1.82) is 0 Å². The van der Waals surface area contributed by atoms with E-state index in [0.717, 1.165) is 40.9 Å². The van der Waals surface area contributed by atoms with Crippen molar-refractivity contribution >= 4 is 27.4 Å². The molecule has 1 aliphatic heterocycles. The van der Waals surface area contributed by atoms with E-state index in [0.29, 0.717) is 6.04 Å². The molecular weight excluding hydrogens is 244 g/mol. The third-order valence-corrected chi connectivity index (χ3v) is 4.74. The molecule has 2 heterocycles. The number of hydrogen-bond acceptors (Lipinski definition) is 3. The summed E-state index contributed by atoms with van der Waals surface area (Å²) in [5.74, 6) is 1.65. The van der Waals surface area contributed by atoms with Gasteiger partial charge in [0.2, 0.25) is 0 Å². The van der Waals surface area contributed by atoms with Gasteiger partial charge < -0.3 is 5.32 Å². The molecule has 1 N–H and O–H groups in total. The normalized spacial score (nSPS) is 24.0. The fraction of sp³-hybridized carbons (Fsp3) is 0.357. The number of anilines is 1. The first-order valence-corrected chi connectivity index (χ1v) is 7.76. The van der Waals surface area contributed by atoms with Crippen LogP contribution in [0.25, 0.3) is 10.9 Å². The second-order valence-corrected chi connectivity index (χ2v) is 6.37. The van der Waals surface area contributed by atoms with Gasteiger partial charge in [0.05, 0.1) is 5.52 Å². The number of nitrogens with one attached hydrogen (secondary N) is 1. The highest BCUT2D eigenvalue weighted by molar-refractivity contribution is 7.85. The predicted molar refractivity (Wildman–Crippen MR) is 76.3 cm³/mol. The summed E-state index contributed by atoms with van der Waals surface area (Å²) < 4.78 is 11.3. The first-order chi connectivity index (χ1) is 8.81. The zero-order valence-electron chi connectivity index (χ0n) is 10.1. The van der Waals surface area contributed by atoms with Gasteiger partial charge in [-0.1, -0.05) is 6.07 Å². The van der Waals surface area contributed by atoms with Crippen molar-refractivity contribution in [2.45, 2.75) is 18.9 Å². The van der Waals surface area contributed by atoms with Gasteiger partial charge in [0.25, 0.3) is 0 Å². The van der Waals surface area contributed by atoms with E-state index in [1.54, 1.807) is 0 Å². The molecule has 4 heteroatoms. The number of rotatable bonds is 2. The lowest BCUT2D eigenvalue weighted by Crippen LogP contribution is -2.29. The van der Waals surface area contributed by atoms with Crippen LogP contribution in [0.2, 0.25) is 0 Å². The summed E-state index contributed by atoms with van der Waals surface area (Å²) >= 11 is 0. The topological polar surface area (TPSA) is 42.0 Å². The molecule has 0 unspecified atom stereocenters. The van der Waals surface area contributed by atoms with Crippen molar-refractivity contribution in [3.63, 3.8) is 0 Å². The summed E-state index contributed by atoms with van der Waals surface area (Å²) in [5, 5.41) is 4.69. The molecule has 0 radical (unpaired) electrons. The highest BCUT2D eigenvalue weighted by Gasteiger charge is 2.17. The van der Waals surface area contributed by atoms with Crippen LogP contribution in [0, 0.1) is 0 Å². The minimum atomic E-state index is -0.591. The number of fused-ring (bicyclic) bond motifs is 1. The Bertz CT molecular complexity index is 575. The molecule has 1 aliphatic rings. The maximum Gasteiger partial charge on any atom is 0.0703 e. The summed E-state index contributed by atoms with van der Waals surface area (Å²) in [7, 11) is -0.591. The van der Waals surface area contributed by atoms with E-state index in [1.165, 1.54) is 0 Å². The number of benzene rings is 1. The summed E-state index contributed by atoms with van der Waals surface area (Å²) in [4.78, 5) is 4.31. The van der Waals surface area contributed by atoms with Crippen molar-refractivity contribution in [3.05, 3.63) is 36.5 Å². The molecule has 0 bridgehead atoms. The Morgan fingerprint density at radius 2 is 2.06 bits per heavy atom. The summed E-state index contributed by atoms with van der Waals surface area (Å²) in [6, 6.07) is 10.7. The van der Waals surface area contributed by atoms with Crippen LogP contribution in [0.1, 0.15) is 12.8 Å². The minimum Gasteiger partial charge on any atom is -0.382 e. The molecule has 0 spiro atoms. The van der Waals surface area contributed by atoms with Gasteiger partial charge in [-0.2, -0.15) is 0 Å². The maximum atomic E-state index is 11.3. The van der Waals surface area contributed by atoms with Crippen molar-refractivity contribution in [1.82, 2.24) is 4.98 Å². The van der Waals surface area contributed by atoms with Crippen LogP contribution < -0.4 is 5.32 Å². The Morgan fingerprint density at radius 3 is 2.89 bits per heavy atom. The zero-order valence-corrected chi connectivity index (χ0v) is 11.0. The van der Waals surface area contributed by atoms with Gasteiger partial charge in [0, 0.05) is 45.6 Å². The zero-order chi connectivity index (χ0) is 12.4. The molecular formula is C14H16N2OS. The van der Waals surface area contributed by atoms with E-state index in [-0.39, 0.29) is 0 Å². The van der Waals surface area contributed by atoms with Crippen molar-refractivity contribution in [3.8, 4) is 0 Å². The van der Waals surface area contributed by atoms with E-state index in [9.17, 15) is 4.21 Å². The SMILES string of the molecule is O=S1CCC(Nc2ccc3ncccc3c2)CC1. The third kappa shape index (κ3) is 2.53. The first kappa shape index (κ1) is 11.7. The average Bonchev–Trinajstić information content (AvgIpc) is 2.41. The quantitative estimate of drug-likeness (QED) is 0.902. The minimum absolute atomic E-state index is 0.455. The molecule has 1 saturated heterocycles. The molecule has 0 amide bonds. The Hall–Kier alpha value is -1.42. The molecule has 0 saturated carbocycles. The van der Waals surface area contributed by atoms with E-state index >= 15 is 0 Å². The van der Waals surface area contributed by atoms with Crippen LogP contribution in [-0.2, 0) is 10.8 Å². The van der Waals surface area contributed by atoms with E-state index in [4.69, 9.17) is 0 Å². The predicted octanol–water partition coefficient (Wildman–Crippen LogP) is 2.56. The Labute approximate surface area is 109 Å². The molecule has 3 nitrogen and oxygen atoms in total. The summed E-state index contributed by atoms with van der Waals surface area (Å²) in [5.41, 5.74) is 2.15. The van der Waals surface area contributed by atoms with Crippen LogP contribution >= 0.6 is 0 Å².